The fourth-order valence-electron chi connectivity index (χ4n) is 1.88. The predicted molar refractivity (Wildman–Crippen MR) is 89.7 cm³/mol. The molecule has 0 heterocycles. The number of nitrogens with two attached hydrogens (primary N) is 1. The molecule has 0 bridgehead atoms. The van der Waals surface area contributed by atoms with E-state index in [-0.39, 0.29) is 0 Å². The smallest absolute Gasteiger partial charge is 0.241 e. The molecule has 0 spiro atoms. The Kier molecular flexibility index (Phi) is 5.61. The van der Waals surface area contributed by atoms with Gasteiger partial charge in [-0.15, -0.1) is 0 Å². The summed E-state index contributed by atoms with van der Waals surface area (Å²) in [5, 5.41) is 0. The highest BCUT2D eigenvalue weighted by atomic mass is 79.9. The molecule has 22 heavy (non-hydrogen) atoms. The first-order chi connectivity index (χ1) is 10.6. The predicted octanol–water partition coefficient (Wildman–Crippen LogP) is 3.54. The van der Waals surface area contributed by atoms with Crippen molar-refractivity contribution in [3.63, 3.8) is 0 Å². The average molecular weight is 362 g/mol. The Morgan fingerprint density at radius 1 is 1.27 bits per heavy atom. The van der Waals surface area contributed by atoms with Crippen LogP contribution in [0.5, 0.6) is 11.5 Å². The monoisotopic (exact) mass is 361 g/mol. The van der Waals surface area contributed by atoms with Crippen molar-refractivity contribution in [2.75, 3.05) is 7.11 Å². The molecule has 4 nitrogen and oxygen atoms in total. The van der Waals surface area contributed by atoms with E-state index in [0.717, 1.165) is 15.6 Å². The standard InChI is InChI=1S/C17H16BrNO3/c1-21-15-10-13(7-8-16(19)20)9-14(18)17(15)22-11-12-5-3-2-4-6-12/h2-10H,11H2,1H3,(H2,19,20)/b8-7+. The highest BCUT2D eigenvalue weighted by Crippen LogP contribution is 2.37. The summed E-state index contributed by atoms with van der Waals surface area (Å²) in [5.41, 5.74) is 6.95. The minimum absolute atomic E-state index is 0.437. The maximum absolute atomic E-state index is 10.8. The van der Waals surface area contributed by atoms with E-state index in [1.54, 1.807) is 19.3 Å². The third-order valence-electron chi connectivity index (χ3n) is 2.92. The Balaban J connectivity index is 2.22. The molecule has 2 rings (SSSR count). The van der Waals surface area contributed by atoms with Crippen LogP contribution in [0.4, 0.5) is 0 Å². The molecule has 114 valence electrons. The van der Waals surface area contributed by atoms with Crippen LogP contribution in [0.2, 0.25) is 0 Å². The molecular formula is C17H16BrNO3. The number of carbonyl (C=O) groups excluding carboxylic acids is 1. The molecule has 0 aromatic heterocycles. The van der Waals surface area contributed by atoms with E-state index in [4.69, 9.17) is 15.2 Å². The van der Waals surface area contributed by atoms with Gasteiger partial charge in [-0.1, -0.05) is 30.3 Å². The van der Waals surface area contributed by atoms with E-state index in [1.165, 1.54) is 6.08 Å². The third kappa shape index (κ3) is 4.36. The zero-order valence-electron chi connectivity index (χ0n) is 12.1. The third-order valence-corrected chi connectivity index (χ3v) is 3.51. The summed E-state index contributed by atoms with van der Waals surface area (Å²) in [5.74, 6) is 0.691. The zero-order chi connectivity index (χ0) is 15.9. The normalized spacial score (nSPS) is 10.6. The van der Waals surface area contributed by atoms with Crippen LogP contribution in [-0.2, 0) is 11.4 Å². The van der Waals surface area contributed by atoms with Crippen molar-refractivity contribution >= 4 is 27.9 Å². The maximum Gasteiger partial charge on any atom is 0.241 e. The van der Waals surface area contributed by atoms with Gasteiger partial charge in [0.05, 0.1) is 11.6 Å². The number of benzene rings is 2. The van der Waals surface area contributed by atoms with Gasteiger partial charge in [-0.05, 0) is 45.3 Å². The number of amides is 1. The summed E-state index contributed by atoms with van der Waals surface area (Å²) in [6.45, 7) is 0.437. The van der Waals surface area contributed by atoms with Crippen molar-refractivity contribution < 1.29 is 14.3 Å². The van der Waals surface area contributed by atoms with Gasteiger partial charge < -0.3 is 15.2 Å². The lowest BCUT2D eigenvalue weighted by molar-refractivity contribution is -0.113. The second-order valence-corrected chi connectivity index (χ2v) is 5.40. The van der Waals surface area contributed by atoms with Gasteiger partial charge in [0, 0.05) is 6.08 Å². The minimum atomic E-state index is -0.500. The molecule has 2 aromatic rings. The van der Waals surface area contributed by atoms with Crippen molar-refractivity contribution in [1.82, 2.24) is 0 Å². The van der Waals surface area contributed by atoms with Crippen LogP contribution < -0.4 is 15.2 Å². The topological polar surface area (TPSA) is 61.5 Å². The van der Waals surface area contributed by atoms with E-state index in [0.29, 0.717) is 18.1 Å². The lowest BCUT2D eigenvalue weighted by Crippen LogP contribution is -2.05. The van der Waals surface area contributed by atoms with Gasteiger partial charge in [-0.25, -0.2) is 0 Å². The van der Waals surface area contributed by atoms with E-state index < -0.39 is 5.91 Å². The molecule has 0 aliphatic rings. The zero-order valence-corrected chi connectivity index (χ0v) is 13.7. The largest absolute Gasteiger partial charge is 0.493 e. The van der Waals surface area contributed by atoms with Crippen LogP contribution in [0, 0.1) is 0 Å². The Labute approximate surface area is 137 Å². The first kappa shape index (κ1) is 16.1. The SMILES string of the molecule is COc1cc(/C=C/C(N)=O)cc(Br)c1OCc1ccccc1. The second-order valence-electron chi connectivity index (χ2n) is 4.54. The molecule has 5 heteroatoms. The number of halogens is 1. The van der Waals surface area contributed by atoms with Crippen LogP contribution in [0.25, 0.3) is 6.08 Å². The van der Waals surface area contributed by atoms with Gasteiger partial charge in [0.1, 0.15) is 6.61 Å². The lowest BCUT2D eigenvalue weighted by atomic mass is 10.2. The van der Waals surface area contributed by atoms with Crippen molar-refractivity contribution in [1.29, 1.82) is 0 Å². The average Bonchev–Trinajstić information content (AvgIpc) is 2.52. The molecular weight excluding hydrogens is 346 g/mol. The van der Waals surface area contributed by atoms with Crippen LogP contribution in [0.3, 0.4) is 0 Å². The van der Waals surface area contributed by atoms with Crippen LogP contribution in [0.15, 0.2) is 53.0 Å². The molecule has 0 radical (unpaired) electrons. The van der Waals surface area contributed by atoms with Gasteiger partial charge in [-0.2, -0.15) is 0 Å². The summed E-state index contributed by atoms with van der Waals surface area (Å²) in [6, 6.07) is 13.5. The molecule has 0 fully saturated rings. The van der Waals surface area contributed by atoms with Gasteiger partial charge in [0.15, 0.2) is 11.5 Å². The first-order valence-corrected chi connectivity index (χ1v) is 7.41. The molecule has 0 aliphatic heterocycles. The molecule has 2 aromatic carbocycles. The van der Waals surface area contributed by atoms with E-state index in [1.807, 2.05) is 36.4 Å². The number of primary amides is 1. The number of rotatable bonds is 6. The minimum Gasteiger partial charge on any atom is -0.493 e. The van der Waals surface area contributed by atoms with Gasteiger partial charge in [0.2, 0.25) is 5.91 Å². The van der Waals surface area contributed by atoms with Crippen LogP contribution in [0.1, 0.15) is 11.1 Å². The van der Waals surface area contributed by atoms with E-state index in [2.05, 4.69) is 15.9 Å². The van der Waals surface area contributed by atoms with E-state index in [9.17, 15) is 4.79 Å². The van der Waals surface area contributed by atoms with Crippen molar-refractivity contribution in [3.8, 4) is 11.5 Å². The van der Waals surface area contributed by atoms with Crippen LogP contribution in [-0.4, -0.2) is 13.0 Å². The summed E-state index contributed by atoms with van der Waals surface area (Å²) in [6.07, 6.45) is 2.92. The molecule has 0 atom stereocenters. The van der Waals surface area contributed by atoms with Gasteiger partial charge >= 0.3 is 0 Å². The van der Waals surface area contributed by atoms with Crippen molar-refractivity contribution in [2.24, 2.45) is 5.73 Å². The van der Waals surface area contributed by atoms with Gasteiger partial charge in [-0.3, -0.25) is 4.79 Å². The molecule has 0 unspecified atom stereocenters. The Morgan fingerprint density at radius 3 is 2.64 bits per heavy atom. The highest BCUT2D eigenvalue weighted by molar-refractivity contribution is 9.10. The van der Waals surface area contributed by atoms with Crippen molar-refractivity contribution in [2.45, 2.75) is 6.61 Å². The summed E-state index contributed by atoms with van der Waals surface area (Å²) in [7, 11) is 1.57. The Hall–Kier alpha value is -2.27. The summed E-state index contributed by atoms with van der Waals surface area (Å²) < 4.78 is 11.9. The quantitative estimate of drug-likeness (QED) is 0.800. The summed E-state index contributed by atoms with van der Waals surface area (Å²) in [4.78, 5) is 10.8. The Bertz CT molecular complexity index is 684. The summed E-state index contributed by atoms with van der Waals surface area (Å²) >= 11 is 3.46. The van der Waals surface area contributed by atoms with Crippen molar-refractivity contribution in [3.05, 3.63) is 64.1 Å². The molecule has 1 amide bonds. The second kappa shape index (κ2) is 7.66. The maximum atomic E-state index is 10.8. The molecule has 0 aliphatic carbocycles. The fraction of sp³-hybridized carbons (Fsp3) is 0.118. The molecule has 0 saturated carbocycles. The number of carbonyl (C=O) groups is 1. The first-order valence-electron chi connectivity index (χ1n) is 6.62. The number of hydrogen-bond donors (Lipinski definition) is 1. The Morgan fingerprint density at radius 2 is 2.00 bits per heavy atom. The highest BCUT2D eigenvalue weighted by Gasteiger charge is 2.11. The lowest BCUT2D eigenvalue weighted by Gasteiger charge is -2.13. The van der Waals surface area contributed by atoms with E-state index >= 15 is 0 Å². The van der Waals surface area contributed by atoms with Crippen LogP contribution >= 0.6 is 15.9 Å². The van der Waals surface area contributed by atoms with Gasteiger partial charge in [0.25, 0.3) is 0 Å². The molecule has 2 N–H and O–H groups in total. The molecule has 0 saturated heterocycles. The number of hydrogen-bond acceptors (Lipinski definition) is 3. The fourth-order valence-corrected chi connectivity index (χ4v) is 2.46. The number of methoxy groups -OCH3 is 1. The number of ether oxygens (including phenoxy) is 2.